The summed E-state index contributed by atoms with van der Waals surface area (Å²) in [6.07, 6.45) is -1.77. The molecule has 35 heavy (non-hydrogen) atoms. The smallest absolute Gasteiger partial charge is 0.635 e. The number of hydrazone groups is 1. The molecule has 1 aromatic heterocycles. The van der Waals surface area contributed by atoms with E-state index in [1.54, 1.807) is 4.90 Å². The number of phosphoric acid groups is 1. The van der Waals surface area contributed by atoms with Gasteiger partial charge in [-0.2, -0.15) is 10.2 Å². The summed E-state index contributed by atoms with van der Waals surface area (Å²) >= 11 is 0. The van der Waals surface area contributed by atoms with Crippen LogP contribution in [0.1, 0.15) is 11.4 Å². The van der Waals surface area contributed by atoms with E-state index < -0.39 is 32.8 Å². The van der Waals surface area contributed by atoms with Crippen molar-refractivity contribution in [2.75, 3.05) is 25.1 Å². The van der Waals surface area contributed by atoms with Crippen LogP contribution in [0.3, 0.4) is 0 Å². The van der Waals surface area contributed by atoms with Gasteiger partial charge in [0.2, 0.25) is 5.96 Å². The van der Waals surface area contributed by atoms with E-state index in [4.69, 9.17) is 21.2 Å². The van der Waals surface area contributed by atoms with E-state index in [1.807, 2.05) is 0 Å². The Morgan fingerprint density at radius 3 is 2.54 bits per heavy atom. The standard InChI is InChI=1S/C16H21FN9O6P.2Na/c1-23(19)22-15(18)24-6-12-13(7-24)21-26(20-12)14-3-2-9(4-11(14)17)25-5-10(32-16(25)27)8-31-33(28,29)30;;/h2-4,10H,5-8,19H2,1H3,(H2,18,22)(H2,28,29,30);;/q;2*+1/p-1. The molecule has 1 atom stereocenters. The molecule has 2 aliphatic rings. The Hall–Kier alpha value is -1.14. The number of cyclic esters (lactones) is 1. The first kappa shape index (κ1) is 30.1. The molecule has 1 amide bonds. The number of phosphoric ester groups is 1. The molecule has 4 rings (SSSR count). The Labute approximate surface area is 243 Å². The maximum atomic E-state index is 14.8. The molecule has 2 aromatic rings. The van der Waals surface area contributed by atoms with E-state index in [9.17, 15) is 19.0 Å². The third-order valence-corrected chi connectivity index (χ3v) is 5.26. The number of carbonyl (C=O) groups excluding carboxylic acids is 1. The van der Waals surface area contributed by atoms with E-state index >= 15 is 0 Å². The van der Waals surface area contributed by atoms with E-state index in [0.29, 0.717) is 24.5 Å². The molecule has 0 spiro atoms. The summed E-state index contributed by atoms with van der Waals surface area (Å²) in [4.78, 5) is 46.1. The largest absolute Gasteiger partial charge is 1.00 e. The molecule has 0 aliphatic carbocycles. The average molecular weight is 530 g/mol. The molecule has 1 unspecified atom stereocenters. The number of hydrogen-bond acceptors (Lipinski definition) is 11. The van der Waals surface area contributed by atoms with Gasteiger partial charge >= 0.3 is 65.2 Å². The number of carbonyl (C=O) groups is 1. The van der Waals surface area contributed by atoms with Crippen LogP contribution in [-0.4, -0.2) is 68.3 Å². The van der Waals surface area contributed by atoms with Crippen LogP contribution in [-0.2, 0) is 22.4 Å². The molecule has 2 aliphatic heterocycles. The summed E-state index contributed by atoms with van der Waals surface area (Å²) in [7, 11) is -3.42. The van der Waals surface area contributed by atoms with E-state index in [1.165, 1.54) is 19.2 Å². The van der Waals surface area contributed by atoms with Gasteiger partial charge in [0, 0.05) is 13.1 Å². The van der Waals surface area contributed by atoms with Crippen LogP contribution >= 0.6 is 8.17 Å². The Balaban J connectivity index is 0.00000216. The van der Waals surface area contributed by atoms with Gasteiger partial charge in [0.15, 0.2) is 14.0 Å². The fourth-order valence-corrected chi connectivity index (χ4v) is 3.70. The van der Waals surface area contributed by atoms with Gasteiger partial charge in [-0.3, -0.25) is 4.90 Å². The van der Waals surface area contributed by atoms with Crippen LogP contribution in [0.4, 0.5) is 14.9 Å². The normalized spacial score (nSPS) is 17.6. The van der Waals surface area contributed by atoms with Crippen LogP contribution in [0.15, 0.2) is 23.3 Å². The van der Waals surface area contributed by atoms with Crippen LogP contribution in [0.5, 0.6) is 0 Å². The number of nitrogens with zero attached hydrogens (tertiary/aromatic N) is 7. The van der Waals surface area contributed by atoms with E-state index in [2.05, 4.69) is 19.8 Å². The van der Waals surface area contributed by atoms with Gasteiger partial charge in [-0.25, -0.2) is 29.6 Å². The maximum absolute atomic E-state index is 14.8. The first-order valence-electron chi connectivity index (χ1n) is 9.49. The molecule has 178 valence electrons. The van der Waals surface area contributed by atoms with Crippen LogP contribution in [0.25, 0.3) is 5.69 Å². The van der Waals surface area contributed by atoms with Gasteiger partial charge in [0.05, 0.1) is 25.3 Å². The SMILES string of the molecule is CN(N)/N=C(\N)N1Cc2nn(-c3ccc(N4CC(CO[P+]([O-])([O-])O)OC4=O)cc3F)nc2C1.[Na+].[Na+]. The summed E-state index contributed by atoms with van der Waals surface area (Å²) in [5, 5.41) is 13.6. The number of halogens is 1. The molecule has 1 aromatic carbocycles. The topological polar surface area (TPSA) is 207 Å². The van der Waals surface area contributed by atoms with Crippen molar-refractivity contribution in [3.63, 3.8) is 0 Å². The Bertz CT molecular complexity index is 1080. The second-order valence-corrected chi connectivity index (χ2v) is 8.48. The van der Waals surface area contributed by atoms with Crippen molar-refractivity contribution in [2.45, 2.75) is 19.2 Å². The molecule has 0 radical (unpaired) electrons. The van der Waals surface area contributed by atoms with Gasteiger partial charge in [0.25, 0.3) is 0 Å². The van der Waals surface area contributed by atoms with Crippen molar-refractivity contribution in [3.8, 4) is 5.69 Å². The molecule has 0 saturated carbocycles. The van der Waals surface area contributed by atoms with Gasteiger partial charge < -0.3 is 25.2 Å². The molecule has 19 heteroatoms. The van der Waals surface area contributed by atoms with E-state index in [-0.39, 0.29) is 83.0 Å². The van der Waals surface area contributed by atoms with Crippen molar-refractivity contribution in [1.29, 1.82) is 0 Å². The zero-order chi connectivity index (χ0) is 23.9. The minimum Gasteiger partial charge on any atom is -0.635 e. The van der Waals surface area contributed by atoms with Crippen molar-refractivity contribution < 1.29 is 92.2 Å². The van der Waals surface area contributed by atoms with Crippen molar-refractivity contribution >= 4 is 25.9 Å². The van der Waals surface area contributed by atoms with E-state index in [0.717, 1.165) is 20.9 Å². The molecule has 15 nitrogen and oxygen atoms in total. The van der Waals surface area contributed by atoms with Crippen molar-refractivity contribution in [2.24, 2.45) is 16.7 Å². The summed E-state index contributed by atoms with van der Waals surface area (Å²) in [6.45, 7) is -0.00375. The monoisotopic (exact) mass is 530 g/mol. The maximum Gasteiger partial charge on any atom is 1.00 e. The average Bonchev–Trinajstić information content (AvgIpc) is 3.38. The number of hydrogen-bond donors (Lipinski definition) is 3. The molecule has 1 fully saturated rings. The van der Waals surface area contributed by atoms with Gasteiger partial charge in [-0.1, -0.05) is 0 Å². The van der Waals surface area contributed by atoms with Gasteiger partial charge in [-0.15, -0.1) is 9.90 Å². The molecular weight excluding hydrogens is 510 g/mol. The Morgan fingerprint density at radius 1 is 1.37 bits per heavy atom. The fraction of sp³-hybridized carbons (Fsp3) is 0.375. The number of amides is 1. The van der Waals surface area contributed by atoms with Gasteiger partial charge in [0.1, 0.15) is 29.8 Å². The number of nitrogens with two attached hydrogens (primary N) is 2. The number of anilines is 1. The number of guanidine groups is 1. The Morgan fingerprint density at radius 2 is 2.00 bits per heavy atom. The van der Waals surface area contributed by atoms with Gasteiger partial charge in [-0.05, 0) is 12.1 Å². The first-order valence-corrected chi connectivity index (χ1v) is 11.0. The summed E-state index contributed by atoms with van der Waals surface area (Å²) in [5.74, 6) is 4.95. The predicted octanol–water partition coefficient (Wildman–Crippen LogP) is -8.50. The third-order valence-electron chi connectivity index (χ3n) is 4.79. The van der Waals surface area contributed by atoms with Crippen LogP contribution < -0.4 is 85.4 Å². The number of fused-ring (bicyclic) bond motifs is 1. The molecule has 3 heterocycles. The van der Waals surface area contributed by atoms with Crippen molar-refractivity contribution in [3.05, 3.63) is 35.4 Å². The summed E-state index contributed by atoms with van der Waals surface area (Å²) < 4.78 is 24.1. The second kappa shape index (κ2) is 11.9. The van der Waals surface area contributed by atoms with Crippen LogP contribution in [0.2, 0.25) is 0 Å². The number of ether oxygens (including phenoxy) is 1. The summed E-state index contributed by atoms with van der Waals surface area (Å²) in [5.41, 5.74) is 7.30. The summed E-state index contributed by atoms with van der Waals surface area (Å²) in [6, 6.07) is 3.97. The quantitative estimate of drug-likeness (QED) is 0.0795. The van der Waals surface area contributed by atoms with Crippen molar-refractivity contribution in [1.82, 2.24) is 25.0 Å². The molecule has 0 bridgehead atoms. The number of rotatable bonds is 6. The number of benzene rings is 1. The first-order chi connectivity index (χ1) is 15.5. The fourth-order valence-electron chi connectivity index (χ4n) is 3.35. The number of aromatic nitrogens is 3. The number of hydrazine groups is 1. The zero-order valence-corrected chi connectivity index (χ0v) is 24.1. The molecule has 5 N–H and O–H groups in total. The minimum absolute atomic E-state index is 0. The van der Waals surface area contributed by atoms with Crippen LogP contribution in [0, 0.1) is 5.82 Å². The zero-order valence-electron chi connectivity index (χ0n) is 19.2. The Kier molecular flexibility index (Phi) is 10.3. The third kappa shape index (κ3) is 7.21. The molecule has 1 saturated heterocycles. The predicted molar refractivity (Wildman–Crippen MR) is 107 cm³/mol. The second-order valence-electron chi connectivity index (χ2n) is 7.29. The minimum atomic E-state index is -4.95. The molecular formula is C16H20FN9Na2O6P+.